The molecule has 0 aliphatic rings. The maximum atomic E-state index is 11.5. The first-order chi connectivity index (χ1) is 8.28. The van der Waals surface area contributed by atoms with Gasteiger partial charge in [0.1, 0.15) is 0 Å². The first kappa shape index (κ1) is 17.4. The fourth-order valence-electron chi connectivity index (χ4n) is 1.44. The minimum absolute atomic E-state index is 0.196. The predicted molar refractivity (Wildman–Crippen MR) is 71.6 cm³/mol. The molecule has 0 aromatic carbocycles. The Labute approximate surface area is 111 Å². The average Bonchev–Trinajstić information content (AvgIpc) is 2.29. The second kappa shape index (κ2) is 7.74. The van der Waals surface area contributed by atoms with Gasteiger partial charge in [0.25, 0.3) is 0 Å². The molecule has 0 aromatic rings. The largest absolute Gasteiger partial charge is 0.466 e. The van der Waals surface area contributed by atoms with Crippen LogP contribution < -0.4 is 0 Å². The van der Waals surface area contributed by atoms with Crippen LogP contribution in [0, 0.1) is 0 Å². The molecule has 1 unspecified atom stereocenters. The molecule has 4 heteroatoms. The summed E-state index contributed by atoms with van der Waals surface area (Å²) >= 11 is 0. The number of hydrogen-bond acceptors (Lipinski definition) is 4. The van der Waals surface area contributed by atoms with E-state index in [4.69, 9.17) is 14.2 Å². The molecule has 0 aromatic heterocycles. The maximum absolute atomic E-state index is 11.5. The van der Waals surface area contributed by atoms with E-state index in [1.165, 1.54) is 0 Å². The van der Waals surface area contributed by atoms with E-state index in [1.807, 2.05) is 34.6 Å². The number of esters is 1. The third kappa shape index (κ3) is 6.97. The molecule has 1 atom stereocenters. The van der Waals surface area contributed by atoms with Crippen LogP contribution in [0.1, 0.15) is 53.9 Å². The van der Waals surface area contributed by atoms with Crippen molar-refractivity contribution in [2.75, 3.05) is 20.3 Å². The number of rotatable bonds is 9. The van der Waals surface area contributed by atoms with Crippen molar-refractivity contribution >= 4 is 5.97 Å². The molecule has 0 N–H and O–H groups in total. The highest BCUT2D eigenvalue weighted by Crippen LogP contribution is 2.23. The molecular formula is C14H28O4. The molecule has 0 spiro atoms. The van der Waals surface area contributed by atoms with E-state index in [9.17, 15) is 4.79 Å². The van der Waals surface area contributed by atoms with Gasteiger partial charge >= 0.3 is 5.97 Å². The van der Waals surface area contributed by atoms with Crippen molar-refractivity contribution in [2.45, 2.75) is 65.1 Å². The lowest BCUT2D eigenvalue weighted by Crippen LogP contribution is -2.34. The molecule has 0 amide bonds. The lowest BCUT2D eigenvalue weighted by atomic mass is 9.98. The standard InChI is InChI=1S/C14H28O4/c1-7-14(5,11-12(15)17-8-2)18-10-9-13(3,4)16-6/h7-11H2,1-6H3. The third-order valence-electron chi connectivity index (χ3n) is 3.28. The van der Waals surface area contributed by atoms with Gasteiger partial charge in [0.05, 0.1) is 30.8 Å². The molecule has 0 bridgehead atoms. The first-order valence-electron chi connectivity index (χ1n) is 6.63. The topological polar surface area (TPSA) is 44.8 Å². The van der Waals surface area contributed by atoms with E-state index in [1.54, 1.807) is 7.11 Å². The van der Waals surface area contributed by atoms with Crippen LogP contribution in [0.4, 0.5) is 0 Å². The molecule has 0 saturated carbocycles. The van der Waals surface area contributed by atoms with Gasteiger partial charge in [-0.15, -0.1) is 0 Å². The molecule has 0 radical (unpaired) electrons. The summed E-state index contributed by atoms with van der Waals surface area (Å²) in [5.74, 6) is -0.201. The third-order valence-corrected chi connectivity index (χ3v) is 3.28. The molecule has 0 aliphatic carbocycles. The Kier molecular flexibility index (Phi) is 7.48. The highest BCUT2D eigenvalue weighted by atomic mass is 16.5. The van der Waals surface area contributed by atoms with Crippen LogP contribution in [0.2, 0.25) is 0 Å². The number of carbonyl (C=O) groups excluding carboxylic acids is 1. The van der Waals surface area contributed by atoms with E-state index >= 15 is 0 Å². The van der Waals surface area contributed by atoms with Crippen LogP contribution in [0.3, 0.4) is 0 Å². The van der Waals surface area contributed by atoms with E-state index in [2.05, 4.69) is 0 Å². The molecule has 4 nitrogen and oxygen atoms in total. The van der Waals surface area contributed by atoms with Crippen LogP contribution in [-0.4, -0.2) is 37.5 Å². The fraction of sp³-hybridized carbons (Fsp3) is 0.929. The van der Waals surface area contributed by atoms with Crippen LogP contribution in [-0.2, 0) is 19.0 Å². The van der Waals surface area contributed by atoms with Gasteiger partial charge in [0.15, 0.2) is 0 Å². The molecule has 18 heavy (non-hydrogen) atoms. The summed E-state index contributed by atoms with van der Waals surface area (Å²) in [5.41, 5.74) is -0.644. The van der Waals surface area contributed by atoms with Gasteiger partial charge in [-0.2, -0.15) is 0 Å². The normalized spacial score (nSPS) is 15.2. The van der Waals surface area contributed by atoms with Crippen LogP contribution in [0.25, 0.3) is 0 Å². The summed E-state index contributed by atoms with van der Waals surface area (Å²) in [6.45, 7) is 10.8. The number of methoxy groups -OCH3 is 1. The molecular weight excluding hydrogens is 232 g/mol. The van der Waals surface area contributed by atoms with Gasteiger partial charge < -0.3 is 14.2 Å². The Bertz CT molecular complexity index is 250. The quantitative estimate of drug-likeness (QED) is 0.598. The van der Waals surface area contributed by atoms with E-state index in [0.717, 1.165) is 12.8 Å². The van der Waals surface area contributed by atoms with E-state index in [-0.39, 0.29) is 11.6 Å². The highest BCUT2D eigenvalue weighted by Gasteiger charge is 2.28. The molecule has 0 fully saturated rings. The van der Waals surface area contributed by atoms with Crippen molar-refractivity contribution in [1.29, 1.82) is 0 Å². The van der Waals surface area contributed by atoms with Gasteiger partial charge in [-0.1, -0.05) is 6.92 Å². The summed E-state index contributed by atoms with van der Waals surface area (Å²) < 4.78 is 16.2. The molecule has 0 saturated heterocycles. The molecule has 0 heterocycles. The fourth-order valence-corrected chi connectivity index (χ4v) is 1.44. The Balaban J connectivity index is 4.19. The second-order valence-corrected chi connectivity index (χ2v) is 5.35. The van der Waals surface area contributed by atoms with Crippen molar-refractivity contribution in [2.24, 2.45) is 0 Å². The molecule has 0 aliphatic heterocycles. The maximum Gasteiger partial charge on any atom is 0.308 e. The zero-order valence-electron chi connectivity index (χ0n) is 12.7. The van der Waals surface area contributed by atoms with Gasteiger partial charge in [0, 0.05) is 7.11 Å². The summed E-state index contributed by atoms with van der Waals surface area (Å²) in [4.78, 5) is 11.5. The summed E-state index contributed by atoms with van der Waals surface area (Å²) in [6.07, 6.45) is 1.87. The van der Waals surface area contributed by atoms with Crippen LogP contribution in [0.5, 0.6) is 0 Å². The Hall–Kier alpha value is -0.610. The summed E-state index contributed by atoms with van der Waals surface area (Å²) in [5, 5.41) is 0. The molecule has 0 rings (SSSR count). The number of ether oxygens (including phenoxy) is 3. The van der Waals surface area contributed by atoms with Crippen LogP contribution in [0.15, 0.2) is 0 Å². The number of carbonyl (C=O) groups is 1. The van der Waals surface area contributed by atoms with Crippen molar-refractivity contribution in [1.82, 2.24) is 0 Å². The minimum Gasteiger partial charge on any atom is -0.466 e. The lowest BCUT2D eigenvalue weighted by Gasteiger charge is -2.30. The van der Waals surface area contributed by atoms with Crippen LogP contribution >= 0.6 is 0 Å². The summed E-state index contributed by atoms with van der Waals surface area (Å²) in [6, 6.07) is 0. The van der Waals surface area contributed by atoms with Crippen molar-refractivity contribution < 1.29 is 19.0 Å². The number of hydrogen-bond donors (Lipinski definition) is 0. The zero-order chi connectivity index (χ0) is 14.2. The van der Waals surface area contributed by atoms with Gasteiger partial charge in [-0.25, -0.2) is 0 Å². The summed E-state index contributed by atoms with van der Waals surface area (Å²) in [7, 11) is 1.69. The highest BCUT2D eigenvalue weighted by molar-refractivity contribution is 5.70. The smallest absolute Gasteiger partial charge is 0.308 e. The van der Waals surface area contributed by atoms with Gasteiger partial charge in [-0.3, -0.25) is 4.79 Å². The second-order valence-electron chi connectivity index (χ2n) is 5.35. The average molecular weight is 260 g/mol. The van der Waals surface area contributed by atoms with Crippen molar-refractivity contribution in [3.63, 3.8) is 0 Å². The SMILES string of the molecule is CCOC(=O)CC(C)(CC)OCCC(C)(C)OC. The van der Waals surface area contributed by atoms with Crippen molar-refractivity contribution in [3.8, 4) is 0 Å². The van der Waals surface area contributed by atoms with E-state index < -0.39 is 5.60 Å². The minimum atomic E-state index is -0.448. The zero-order valence-corrected chi connectivity index (χ0v) is 12.7. The van der Waals surface area contributed by atoms with Gasteiger partial charge in [0.2, 0.25) is 0 Å². The van der Waals surface area contributed by atoms with Crippen molar-refractivity contribution in [3.05, 3.63) is 0 Å². The lowest BCUT2D eigenvalue weighted by molar-refractivity contribution is -0.151. The molecule has 108 valence electrons. The Morgan fingerprint density at radius 3 is 2.22 bits per heavy atom. The Morgan fingerprint density at radius 2 is 1.78 bits per heavy atom. The Morgan fingerprint density at radius 1 is 1.17 bits per heavy atom. The van der Waals surface area contributed by atoms with E-state index in [0.29, 0.717) is 19.6 Å². The predicted octanol–water partition coefficient (Wildman–Crippen LogP) is 2.94. The van der Waals surface area contributed by atoms with Gasteiger partial charge in [-0.05, 0) is 40.5 Å². The first-order valence-corrected chi connectivity index (χ1v) is 6.63. The monoisotopic (exact) mass is 260 g/mol.